The highest BCUT2D eigenvalue weighted by molar-refractivity contribution is 6.31. The van der Waals surface area contributed by atoms with Gasteiger partial charge in [0, 0.05) is 5.02 Å². The summed E-state index contributed by atoms with van der Waals surface area (Å²) in [5.74, 6) is 1.25. The van der Waals surface area contributed by atoms with Crippen LogP contribution in [0.1, 0.15) is 28.4 Å². The molecule has 2 nitrogen and oxygen atoms in total. The summed E-state index contributed by atoms with van der Waals surface area (Å²) in [4.78, 5) is 11.0. The van der Waals surface area contributed by atoms with Crippen molar-refractivity contribution in [2.45, 2.75) is 20.3 Å². The molecule has 3 heteroatoms. The molecule has 0 spiro atoms. The second-order valence-corrected chi connectivity index (χ2v) is 4.78. The van der Waals surface area contributed by atoms with Crippen LogP contribution in [0.5, 0.6) is 11.5 Å². The molecule has 0 aliphatic carbocycles. The van der Waals surface area contributed by atoms with Crippen LogP contribution < -0.4 is 4.74 Å². The van der Waals surface area contributed by atoms with E-state index in [1.54, 1.807) is 18.2 Å². The first-order valence-electron chi connectivity index (χ1n) is 6.16. The Kier molecular flexibility index (Phi) is 4.23. The second kappa shape index (κ2) is 5.89. The van der Waals surface area contributed by atoms with E-state index in [2.05, 4.69) is 0 Å². The van der Waals surface area contributed by atoms with Crippen molar-refractivity contribution in [1.82, 2.24) is 0 Å². The molecule has 98 valence electrons. The number of aldehydes is 1. The van der Waals surface area contributed by atoms with Gasteiger partial charge >= 0.3 is 0 Å². The number of ether oxygens (including phenoxy) is 1. The number of halogens is 1. The van der Waals surface area contributed by atoms with Gasteiger partial charge in [0.25, 0.3) is 0 Å². The summed E-state index contributed by atoms with van der Waals surface area (Å²) >= 11 is 6.07. The van der Waals surface area contributed by atoms with E-state index in [1.165, 1.54) is 0 Å². The van der Waals surface area contributed by atoms with Crippen molar-refractivity contribution in [1.29, 1.82) is 0 Å². The minimum Gasteiger partial charge on any atom is -0.457 e. The maximum Gasteiger partial charge on any atom is 0.153 e. The van der Waals surface area contributed by atoms with Crippen LogP contribution in [-0.2, 0) is 6.42 Å². The Morgan fingerprint density at radius 2 is 2.00 bits per heavy atom. The average Bonchev–Trinajstić information content (AvgIpc) is 2.42. The molecule has 19 heavy (non-hydrogen) atoms. The fraction of sp³-hybridized carbons (Fsp3) is 0.188. The third kappa shape index (κ3) is 3.15. The first-order valence-corrected chi connectivity index (χ1v) is 6.54. The van der Waals surface area contributed by atoms with Crippen molar-refractivity contribution in [3.63, 3.8) is 0 Å². The molecule has 0 heterocycles. The zero-order chi connectivity index (χ0) is 13.8. The van der Waals surface area contributed by atoms with Gasteiger partial charge in [-0.2, -0.15) is 0 Å². The van der Waals surface area contributed by atoms with Crippen LogP contribution in [0.3, 0.4) is 0 Å². The minimum atomic E-state index is 0.549. The van der Waals surface area contributed by atoms with Crippen molar-refractivity contribution < 1.29 is 9.53 Å². The summed E-state index contributed by atoms with van der Waals surface area (Å²) < 4.78 is 5.76. The first-order chi connectivity index (χ1) is 9.13. The number of aryl methyl sites for hydroxylation is 2. The molecule has 0 fully saturated rings. The van der Waals surface area contributed by atoms with Gasteiger partial charge in [0.2, 0.25) is 0 Å². The molecule has 0 unspecified atom stereocenters. The van der Waals surface area contributed by atoms with Crippen molar-refractivity contribution in [3.05, 3.63) is 58.1 Å². The van der Waals surface area contributed by atoms with Gasteiger partial charge in [-0.05, 0) is 49.2 Å². The Bertz CT molecular complexity index is 606. The zero-order valence-corrected chi connectivity index (χ0v) is 11.7. The van der Waals surface area contributed by atoms with Gasteiger partial charge in [-0.3, -0.25) is 4.79 Å². The lowest BCUT2D eigenvalue weighted by Gasteiger charge is -2.10. The minimum absolute atomic E-state index is 0.549. The molecule has 0 N–H and O–H groups in total. The number of rotatable bonds is 4. The van der Waals surface area contributed by atoms with E-state index >= 15 is 0 Å². The number of hydrogen-bond donors (Lipinski definition) is 0. The first kappa shape index (κ1) is 13.6. The van der Waals surface area contributed by atoms with Crippen molar-refractivity contribution in [2.75, 3.05) is 0 Å². The molecule has 2 rings (SSSR count). The van der Waals surface area contributed by atoms with Crippen LogP contribution in [0, 0.1) is 6.92 Å². The Labute approximate surface area is 118 Å². The number of hydrogen-bond acceptors (Lipinski definition) is 2. The lowest BCUT2D eigenvalue weighted by molar-refractivity contribution is 0.112. The van der Waals surface area contributed by atoms with Gasteiger partial charge in [0.1, 0.15) is 11.5 Å². The number of benzene rings is 2. The summed E-state index contributed by atoms with van der Waals surface area (Å²) in [6.45, 7) is 3.97. The fourth-order valence-corrected chi connectivity index (χ4v) is 2.12. The quantitative estimate of drug-likeness (QED) is 0.748. The molecular weight excluding hydrogens is 260 g/mol. The van der Waals surface area contributed by atoms with E-state index in [0.717, 1.165) is 28.9 Å². The predicted molar refractivity (Wildman–Crippen MR) is 77.5 cm³/mol. The van der Waals surface area contributed by atoms with E-state index in [4.69, 9.17) is 16.3 Å². The Hall–Kier alpha value is -1.80. The summed E-state index contributed by atoms with van der Waals surface area (Å²) in [6.07, 6.45) is 1.64. The highest BCUT2D eigenvalue weighted by Gasteiger charge is 2.06. The monoisotopic (exact) mass is 274 g/mol. The molecule has 0 aliphatic heterocycles. The van der Waals surface area contributed by atoms with Crippen LogP contribution >= 0.6 is 11.6 Å². The lowest BCUT2D eigenvalue weighted by atomic mass is 10.1. The highest BCUT2D eigenvalue weighted by atomic mass is 35.5. The molecule has 0 amide bonds. The zero-order valence-electron chi connectivity index (χ0n) is 10.9. The van der Waals surface area contributed by atoms with Crippen LogP contribution in [0.15, 0.2) is 36.4 Å². The van der Waals surface area contributed by atoms with Crippen LogP contribution in [0.4, 0.5) is 0 Å². The second-order valence-electron chi connectivity index (χ2n) is 4.37. The molecule has 2 aromatic carbocycles. The third-order valence-electron chi connectivity index (χ3n) is 2.92. The van der Waals surface area contributed by atoms with Gasteiger partial charge in [-0.25, -0.2) is 0 Å². The molecule has 2 aromatic rings. The smallest absolute Gasteiger partial charge is 0.153 e. The van der Waals surface area contributed by atoms with Gasteiger partial charge in [-0.1, -0.05) is 30.2 Å². The van der Waals surface area contributed by atoms with Crippen LogP contribution in [-0.4, -0.2) is 6.29 Å². The van der Waals surface area contributed by atoms with E-state index < -0.39 is 0 Å². The summed E-state index contributed by atoms with van der Waals surface area (Å²) in [5, 5.41) is 0.731. The Balaban J connectivity index is 2.33. The Morgan fingerprint density at radius 1 is 1.21 bits per heavy atom. The molecule has 0 bridgehead atoms. The highest BCUT2D eigenvalue weighted by Crippen LogP contribution is 2.28. The van der Waals surface area contributed by atoms with E-state index in [-0.39, 0.29) is 0 Å². The number of carbonyl (C=O) groups excluding carboxylic acids is 1. The molecule has 0 saturated heterocycles. The van der Waals surface area contributed by atoms with Crippen LogP contribution in [0.2, 0.25) is 5.02 Å². The normalized spacial score (nSPS) is 10.3. The average molecular weight is 275 g/mol. The SMILES string of the molecule is CCc1cc(Oc2ccc(C)cc2C=O)ccc1Cl. The predicted octanol–water partition coefficient (Wildman–Crippen LogP) is 4.82. The molecule has 0 aromatic heterocycles. The van der Waals surface area contributed by atoms with E-state index in [9.17, 15) is 4.79 Å². The third-order valence-corrected chi connectivity index (χ3v) is 3.29. The van der Waals surface area contributed by atoms with Gasteiger partial charge in [0.15, 0.2) is 6.29 Å². The number of carbonyl (C=O) groups is 1. The fourth-order valence-electron chi connectivity index (χ4n) is 1.87. The lowest BCUT2D eigenvalue weighted by Crippen LogP contribution is -1.92. The maximum absolute atomic E-state index is 11.0. The molecule has 0 aliphatic rings. The summed E-state index contributed by atoms with van der Waals surface area (Å²) in [6, 6.07) is 11.0. The standard InChI is InChI=1S/C16H15ClO2/c1-3-12-9-14(5-6-15(12)17)19-16-7-4-11(2)8-13(16)10-18/h4-10H,3H2,1-2H3. The largest absolute Gasteiger partial charge is 0.457 e. The maximum atomic E-state index is 11.0. The van der Waals surface area contributed by atoms with Crippen molar-refractivity contribution >= 4 is 17.9 Å². The van der Waals surface area contributed by atoms with Crippen molar-refractivity contribution in [2.24, 2.45) is 0 Å². The Morgan fingerprint density at radius 3 is 2.68 bits per heavy atom. The summed E-state index contributed by atoms with van der Waals surface area (Å²) in [7, 11) is 0. The molecule has 0 atom stereocenters. The molecule has 0 radical (unpaired) electrons. The van der Waals surface area contributed by atoms with Gasteiger partial charge in [-0.15, -0.1) is 0 Å². The molecular formula is C16H15ClO2. The van der Waals surface area contributed by atoms with Crippen LogP contribution in [0.25, 0.3) is 0 Å². The topological polar surface area (TPSA) is 26.3 Å². The van der Waals surface area contributed by atoms with Gasteiger partial charge in [0.05, 0.1) is 5.56 Å². The van der Waals surface area contributed by atoms with E-state index in [1.807, 2.05) is 32.0 Å². The van der Waals surface area contributed by atoms with Crippen molar-refractivity contribution in [3.8, 4) is 11.5 Å². The molecule has 0 saturated carbocycles. The van der Waals surface area contributed by atoms with E-state index in [0.29, 0.717) is 17.1 Å². The van der Waals surface area contributed by atoms with Gasteiger partial charge < -0.3 is 4.74 Å². The summed E-state index contributed by atoms with van der Waals surface area (Å²) in [5.41, 5.74) is 2.60.